The zero-order valence-electron chi connectivity index (χ0n) is 18.2. The number of amides is 1. The molecule has 32 heavy (non-hydrogen) atoms. The van der Waals surface area contributed by atoms with Gasteiger partial charge in [0, 0.05) is 31.7 Å². The van der Waals surface area contributed by atoms with E-state index in [-0.39, 0.29) is 11.3 Å². The molecule has 0 radical (unpaired) electrons. The molecule has 0 spiro atoms. The quantitative estimate of drug-likeness (QED) is 0.383. The monoisotopic (exact) mass is 440 g/mol. The Labute approximate surface area is 187 Å². The van der Waals surface area contributed by atoms with Crippen LogP contribution in [-0.2, 0) is 14.3 Å². The third-order valence-electron chi connectivity index (χ3n) is 5.71. The van der Waals surface area contributed by atoms with E-state index in [9.17, 15) is 14.7 Å². The third-order valence-corrected chi connectivity index (χ3v) is 5.71. The van der Waals surface area contributed by atoms with Gasteiger partial charge in [0.2, 0.25) is 0 Å². The molecule has 0 saturated carbocycles. The van der Waals surface area contributed by atoms with Crippen LogP contribution in [0.5, 0.6) is 5.75 Å². The van der Waals surface area contributed by atoms with Crippen LogP contribution in [0.4, 0.5) is 0 Å². The van der Waals surface area contributed by atoms with Crippen LogP contribution in [0, 0.1) is 0 Å². The molecule has 1 aromatic heterocycles. The molecule has 1 atom stereocenters. The SMILES string of the molecule is CCCOc1ccc(/C(O)=C2\C(=O)C(=O)N(CCN3CCOCC3)[C@@H]2c2ccco2)cc1. The summed E-state index contributed by atoms with van der Waals surface area (Å²) < 4.78 is 16.5. The Hall–Kier alpha value is -3.10. The van der Waals surface area contributed by atoms with Crippen molar-refractivity contribution in [3.63, 3.8) is 0 Å². The third kappa shape index (κ3) is 4.56. The lowest BCUT2D eigenvalue weighted by atomic mass is 9.99. The van der Waals surface area contributed by atoms with Crippen LogP contribution in [0.2, 0.25) is 0 Å². The van der Waals surface area contributed by atoms with Crippen molar-refractivity contribution < 1.29 is 28.6 Å². The van der Waals surface area contributed by atoms with Gasteiger partial charge >= 0.3 is 0 Å². The molecule has 0 unspecified atom stereocenters. The average molecular weight is 440 g/mol. The zero-order valence-corrected chi connectivity index (χ0v) is 18.2. The molecule has 2 aromatic rings. The maximum atomic E-state index is 13.0. The number of carbonyl (C=O) groups excluding carboxylic acids is 2. The molecule has 2 saturated heterocycles. The molecule has 1 amide bonds. The van der Waals surface area contributed by atoms with E-state index in [0.717, 1.165) is 19.5 Å². The Morgan fingerprint density at radius 3 is 2.53 bits per heavy atom. The van der Waals surface area contributed by atoms with Crippen molar-refractivity contribution in [3.05, 3.63) is 59.6 Å². The topological polar surface area (TPSA) is 92.5 Å². The predicted molar refractivity (Wildman–Crippen MR) is 117 cm³/mol. The van der Waals surface area contributed by atoms with Gasteiger partial charge in [0.15, 0.2) is 0 Å². The Bertz CT molecular complexity index is 961. The highest BCUT2D eigenvalue weighted by Crippen LogP contribution is 2.39. The number of ether oxygens (including phenoxy) is 2. The van der Waals surface area contributed by atoms with Gasteiger partial charge in [-0.05, 0) is 42.8 Å². The van der Waals surface area contributed by atoms with Gasteiger partial charge in [-0.2, -0.15) is 0 Å². The van der Waals surface area contributed by atoms with Gasteiger partial charge in [0.25, 0.3) is 11.7 Å². The molecule has 1 N–H and O–H groups in total. The summed E-state index contributed by atoms with van der Waals surface area (Å²) in [5.74, 6) is -0.450. The lowest BCUT2D eigenvalue weighted by Gasteiger charge is -2.30. The normalized spacial score (nSPS) is 21.3. The highest BCUT2D eigenvalue weighted by molar-refractivity contribution is 6.46. The second-order valence-electron chi connectivity index (χ2n) is 7.83. The minimum Gasteiger partial charge on any atom is -0.507 e. The molecule has 0 bridgehead atoms. The number of ketones is 1. The maximum absolute atomic E-state index is 13.0. The molecule has 170 valence electrons. The molecule has 1 aromatic carbocycles. The van der Waals surface area contributed by atoms with E-state index in [0.29, 0.717) is 50.0 Å². The minimum atomic E-state index is -0.776. The van der Waals surface area contributed by atoms with Crippen LogP contribution in [0.15, 0.2) is 52.7 Å². The Kier molecular flexibility index (Phi) is 6.92. The van der Waals surface area contributed by atoms with Crippen LogP contribution in [0.3, 0.4) is 0 Å². The number of Topliss-reactive ketones (excluding diaryl/α,β-unsaturated/α-hetero) is 1. The molecular weight excluding hydrogens is 412 g/mol. The van der Waals surface area contributed by atoms with Gasteiger partial charge in [-0.1, -0.05) is 6.92 Å². The second kappa shape index (κ2) is 10.0. The van der Waals surface area contributed by atoms with Crippen molar-refractivity contribution in [1.29, 1.82) is 0 Å². The Balaban J connectivity index is 1.63. The number of likely N-dealkylation sites (tertiary alicyclic amines) is 1. The summed E-state index contributed by atoms with van der Waals surface area (Å²) in [6, 6.07) is 9.48. The molecule has 8 nitrogen and oxygen atoms in total. The van der Waals surface area contributed by atoms with E-state index < -0.39 is 17.7 Å². The van der Waals surface area contributed by atoms with Crippen molar-refractivity contribution in [3.8, 4) is 5.75 Å². The van der Waals surface area contributed by atoms with E-state index in [1.807, 2.05) is 6.92 Å². The predicted octanol–water partition coefficient (Wildman–Crippen LogP) is 2.82. The van der Waals surface area contributed by atoms with Crippen LogP contribution < -0.4 is 4.74 Å². The summed E-state index contributed by atoms with van der Waals surface area (Å²) in [6.45, 7) is 6.43. The van der Waals surface area contributed by atoms with Crippen LogP contribution in [-0.4, -0.2) is 72.6 Å². The Morgan fingerprint density at radius 2 is 1.88 bits per heavy atom. The highest BCUT2D eigenvalue weighted by atomic mass is 16.5. The summed E-state index contributed by atoms with van der Waals surface area (Å²) in [5.41, 5.74) is 0.478. The summed E-state index contributed by atoms with van der Waals surface area (Å²) in [6.07, 6.45) is 2.38. The molecule has 0 aliphatic carbocycles. The number of benzene rings is 1. The number of furan rings is 1. The minimum absolute atomic E-state index is 0.0363. The number of carbonyl (C=O) groups is 2. The summed E-state index contributed by atoms with van der Waals surface area (Å²) in [4.78, 5) is 29.6. The average Bonchev–Trinajstić information content (AvgIpc) is 3.44. The molecule has 2 aliphatic rings. The van der Waals surface area contributed by atoms with E-state index in [1.54, 1.807) is 36.4 Å². The highest BCUT2D eigenvalue weighted by Gasteiger charge is 2.47. The van der Waals surface area contributed by atoms with E-state index >= 15 is 0 Å². The van der Waals surface area contributed by atoms with Gasteiger partial charge in [-0.3, -0.25) is 14.5 Å². The molecular formula is C24H28N2O6. The number of hydrogen-bond acceptors (Lipinski definition) is 7. The molecule has 8 heteroatoms. The van der Waals surface area contributed by atoms with Crippen LogP contribution in [0.25, 0.3) is 5.76 Å². The fourth-order valence-electron chi connectivity index (χ4n) is 4.01. The number of rotatable bonds is 8. The second-order valence-corrected chi connectivity index (χ2v) is 7.83. The molecule has 4 rings (SSSR count). The van der Waals surface area contributed by atoms with Crippen LogP contribution in [0.1, 0.15) is 30.7 Å². The van der Waals surface area contributed by atoms with E-state index in [1.165, 1.54) is 11.2 Å². The lowest BCUT2D eigenvalue weighted by Crippen LogP contribution is -2.42. The maximum Gasteiger partial charge on any atom is 0.295 e. The number of nitrogens with zero attached hydrogens (tertiary/aromatic N) is 2. The van der Waals surface area contributed by atoms with Gasteiger partial charge in [0.05, 0.1) is 31.7 Å². The van der Waals surface area contributed by atoms with Gasteiger partial charge < -0.3 is 23.9 Å². The fraction of sp³-hybridized carbons (Fsp3) is 0.417. The van der Waals surface area contributed by atoms with Crippen molar-refractivity contribution in [2.45, 2.75) is 19.4 Å². The summed E-state index contributed by atoms with van der Waals surface area (Å²) in [5, 5.41) is 11.0. The largest absolute Gasteiger partial charge is 0.507 e. The number of aliphatic hydroxyl groups excluding tert-OH is 1. The van der Waals surface area contributed by atoms with Crippen molar-refractivity contribution in [1.82, 2.24) is 9.80 Å². The van der Waals surface area contributed by atoms with Crippen molar-refractivity contribution in [2.75, 3.05) is 46.0 Å². The first kappa shape index (κ1) is 22.1. The van der Waals surface area contributed by atoms with Crippen LogP contribution >= 0.6 is 0 Å². The summed E-state index contributed by atoms with van der Waals surface area (Å²) >= 11 is 0. The molecule has 3 heterocycles. The number of aliphatic hydroxyl groups is 1. The van der Waals surface area contributed by atoms with Crippen molar-refractivity contribution in [2.24, 2.45) is 0 Å². The fourth-order valence-corrected chi connectivity index (χ4v) is 4.01. The number of morpholine rings is 1. The zero-order chi connectivity index (χ0) is 22.5. The van der Waals surface area contributed by atoms with E-state index in [2.05, 4.69) is 4.90 Å². The Morgan fingerprint density at radius 1 is 1.12 bits per heavy atom. The van der Waals surface area contributed by atoms with E-state index in [4.69, 9.17) is 13.9 Å². The molecule has 2 fully saturated rings. The summed E-state index contributed by atoms with van der Waals surface area (Å²) in [7, 11) is 0. The first-order chi connectivity index (χ1) is 15.6. The smallest absolute Gasteiger partial charge is 0.295 e. The van der Waals surface area contributed by atoms with Gasteiger partial charge in [0.1, 0.15) is 23.3 Å². The first-order valence-corrected chi connectivity index (χ1v) is 10.9. The molecule has 2 aliphatic heterocycles. The lowest BCUT2D eigenvalue weighted by molar-refractivity contribution is -0.140. The number of hydrogen-bond donors (Lipinski definition) is 1. The van der Waals surface area contributed by atoms with Crippen molar-refractivity contribution >= 4 is 17.4 Å². The van der Waals surface area contributed by atoms with Gasteiger partial charge in [-0.15, -0.1) is 0 Å². The first-order valence-electron chi connectivity index (χ1n) is 10.9. The van der Waals surface area contributed by atoms with Gasteiger partial charge in [-0.25, -0.2) is 0 Å². The standard InChI is InChI=1S/C24H28N2O6/c1-2-13-31-18-7-5-17(6-8-18)22(27)20-21(19-4-3-14-32-19)26(24(29)23(20)28)10-9-25-11-15-30-16-12-25/h3-8,14,21,27H,2,9-13,15-16H2,1H3/b22-20+/t21-/m1/s1.